The smallest absolute Gasteiger partial charge is 0.134 e. The molecule has 5 heteroatoms. The molecule has 0 aromatic carbocycles. The molecule has 2 rings (SSSR count). The zero-order valence-corrected chi connectivity index (χ0v) is 7.09. The Morgan fingerprint density at radius 2 is 2.27 bits per heavy atom. The lowest BCUT2D eigenvalue weighted by Gasteiger charge is -1.94. The summed E-state index contributed by atoms with van der Waals surface area (Å²) in [6.07, 6.45) is 3.30. The number of aromatic nitrogens is 3. The van der Waals surface area contributed by atoms with Crippen LogP contribution in [0, 0.1) is 0 Å². The Kier molecular flexibility index (Phi) is 1.32. The molecule has 3 N–H and O–H groups in total. The summed E-state index contributed by atoms with van der Waals surface area (Å²) in [4.78, 5) is 3.95. The molecule has 0 fully saturated rings. The van der Waals surface area contributed by atoms with Gasteiger partial charge >= 0.3 is 0 Å². The van der Waals surface area contributed by atoms with Gasteiger partial charge in [0.05, 0.1) is 21.6 Å². The third-order valence-corrected chi connectivity index (χ3v) is 2.07. The van der Waals surface area contributed by atoms with Crippen molar-refractivity contribution < 1.29 is 0 Å². The largest absolute Gasteiger partial charge is 0.383 e. The van der Waals surface area contributed by atoms with Crippen LogP contribution in [0.3, 0.4) is 0 Å². The van der Waals surface area contributed by atoms with Crippen LogP contribution in [0.25, 0.3) is 10.9 Å². The van der Waals surface area contributed by atoms with E-state index in [0.29, 0.717) is 5.82 Å². The first-order chi connectivity index (χ1) is 5.29. The van der Waals surface area contributed by atoms with Crippen LogP contribution in [-0.2, 0) is 0 Å². The second-order valence-corrected chi connectivity index (χ2v) is 3.00. The van der Waals surface area contributed by atoms with E-state index in [1.54, 1.807) is 12.4 Å². The minimum absolute atomic E-state index is 0.497. The van der Waals surface area contributed by atoms with Crippen molar-refractivity contribution in [2.24, 2.45) is 0 Å². The van der Waals surface area contributed by atoms with Crippen LogP contribution in [0.5, 0.6) is 0 Å². The number of pyridine rings is 1. The van der Waals surface area contributed by atoms with Crippen molar-refractivity contribution in [3.05, 3.63) is 16.9 Å². The fourth-order valence-corrected chi connectivity index (χ4v) is 1.33. The Morgan fingerprint density at radius 3 is 3.00 bits per heavy atom. The Labute approximate surface area is 70.9 Å². The van der Waals surface area contributed by atoms with Gasteiger partial charge in [0.1, 0.15) is 5.82 Å². The predicted octanol–water partition coefficient (Wildman–Crippen LogP) is 1.30. The molecule has 2 heterocycles. The highest BCUT2D eigenvalue weighted by molar-refractivity contribution is 9.10. The number of anilines is 1. The van der Waals surface area contributed by atoms with Gasteiger partial charge in [0.25, 0.3) is 0 Å². The second kappa shape index (κ2) is 2.20. The maximum atomic E-state index is 5.58. The quantitative estimate of drug-likeness (QED) is 0.692. The monoisotopic (exact) mass is 212 g/mol. The van der Waals surface area contributed by atoms with E-state index >= 15 is 0 Å². The summed E-state index contributed by atoms with van der Waals surface area (Å²) < 4.78 is 0.874. The maximum Gasteiger partial charge on any atom is 0.134 e. The molecule has 0 aliphatic heterocycles. The third-order valence-electron chi connectivity index (χ3n) is 1.47. The normalized spacial score (nSPS) is 10.6. The molecule has 0 amide bonds. The molecule has 11 heavy (non-hydrogen) atoms. The van der Waals surface area contributed by atoms with Crippen LogP contribution in [0.15, 0.2) is 16.9 Å². The highest BCUT2D eigenvalue weighted by Crippen LogP contribution is 2.23. The van der Waals surface area contributed by atoms with Gasteiger partial charge in [0.15, 0.2) is 0 Å². The minimum atomic E-state index is 0.497. The number of hydrogen-bond donors (Lipinski definition) is 2. The number of halogens is 1. The summed E-state index contributed by atoms with van der Waals surface area (Å²) in [7, 11) is 0. The topological polar surface area (TPSA) is 67.6 Å². The van der Waals surface area contributed by atoms with E-state index in [0.717, 1.165) is 15.4 Å². The summed E-state index contributed by atoms with van der Waals surface area (Å²) in [6.45, 7) is 0. The minimum Gasteiger partial charge on any atom is -0.383 e. The summed E-state index contributed by atoms with van der Waals surface area (Å²) in [5.74, 6) is 0.497. The first kappa shape index (κ1) is 6.60. The summed E-state index contributed by atoms with van der Waals surface area (Å²) in [6, 6.07) is 0. The Morgan fingerprint density at radius 1 is 1.45 bits per heavy atom. The Bertz CT molecular complexity index is 358. The maximum absolute atomic E-state index is 5.58. The van der Waals surface area contributed by atoms with Gasteiger partial charge < -0.3 is 5.73 Å². The number of hydrogen-bond acceptors (Lipinski definition) is 3. The van der Waals surface area contributed by atoms with Crippen molar-refractivity contribution in [2.75, 3.05) is 5.73 Å². The first-order valence-electron chi connectivity index (χ1n) is 3.02. The molecular formula is C6H5BrN4. The van der Waals surface area contributed by atoms with Gasteiger partial charge in [0.2, 0.25) is 0 Å². The fraction of sp³-hybridized carbons (Fsp3) is 0. The van der Waals surface area contributed by atoms with Gasteiger partial charge in [-0.25, -0.2) is 4.98 Å². The van der Waals surface area contributed by atoms with Gasteiger partial charge in [-0.1, -0.05) is 0 Å². The van der Waals surface area contributed by atoms with Crippen molar-refractivity contribution >= 4 is 32.7 Å². The van der Waals surface area contributed by atoms with Crippen LogP contribution >= 0.6 is 15.9 Å². The molecule has 56 valence electrons. The SMILES string of the molecule is Nc1ncc(Br)c2[nH]ncc12. The zero-order valence-electron chi connectivity index (χ0n) is 5.50. The molecular weight excluding hydrogens is 208 g/mol. The highest BCUT2D eigenvalue weighted by atomic mass is 79.9. The van der Waals surface area contributed by atoms with Crippen LogP contribution in [0.4, 0.5) is 5.82 Å². The number of rotatable bonds is 0. The summed E-state index contributed by atoms with van der Waals surface area (Å²) >= 11 is 3.32. The lowest BCUT2D eigenvalue weighted by molar-refractivity contribution is 1.12. The van der Waals surface area contributed by atoms with E-state index in [1.807, 2.05) is 0 Å². The zero-order chi connectivity index (χ0) is 7.84. The van der Waals surface area contributed by atoms with E-state index in [9.17, 15) is 0 Å². The number of H-pyrrole nitrogens is 1. The number of nitrogen functional groups attached to an aromatic ring is 1. The van der Waals surface area contributed by atoms with Crippen molar-refractivity contribution in [3.8, 4) is 0 Å². The van der Waals surface area contributed by atoms with Crippen LogP contribution in [0.1, 0.15) is 0 Å². The predicted molar refractivity (Wildman–Crippen MR) is 46.0 cm³/mol. The molecule has 0 unspecified atom stereocenters. The van der Waals surface area contributed by atoms with E-state index in [4.69, 9.17) is 5.73 Å². The van der Waals surface area contributed by atoms with E-state index in [-0.39, 0.29) is 0 Å². The van der Waals surface area contributed by atoms with Crippen LogP contribution in [-0.4, -0.2) is 15.2 Å². The van der Waals surface area contributed by atoms with Crippen molar-refractivity contribution in [3.63, 3.8) is 0 Å². The molecule has 0 atom stereocenters. The molecule has 0 radical (unpaired) electrons. The average molecular weight is 213 g/mol. The number of nitrogens with one attached hydrogen (secondary N) is 1. The van der Waals surface area contributed by atoms with Gasteiger partial charge in [-0.15, -0.1) is 0 Å². The molecule has 2 aromatic rings. The molecule has 0 bridgehead atoms. The van der Waals surface area contributed by atoms with Gasteiger partial charge in [-0.05, 0) is 15.9 Å². The second-order valence-electron chi connectivity index (χ2n) is 2.15. The summed E-state index contributed by atoms with van der Waals surface area (Å²) in [5, 5.41) is 7.51. The third kappa shape index (κ3) is 0.883. The van der Waals surface area contributed by atoms with Gasteiger partial charge in [-0.2, -0.15) is 5.10 Å². The van der Waals surface area contributed by atoms with Gasteiger partial charge in [-0.3, -0.25) is 5.10 Å². The van der Waals surface area contributed by atoms with Crippen LogP contribution in [0.2, 0.25) is 0 Å². The standard InChI is InChI=1S/C6H5BrN4/c7-4-2-9-6(8)3-1-10-11-5(3)4/h1-2H,(H2,8,9)(H,10,11). The Balaban J connectivity index is 2.96. The molecule has 0 saturated carbocycles. The lowest BCUT2D eigenvalue weighted by Crippen LogP contribution is -1.89. The van der Waals surface area contributed by atoms with Gasteiger partial charge in [0, 0.05) is 6.20 Å². The molecule has 4 nitrogen and oxygen atoms in total. The Hall–Kier alpha value is -1.10. The van der Waals surface area contributed by atoms with E-state index < -0.39 is 0 Å². The highest BCUT2D eigenvalue weighted by Gasteiger charge is 2.03. The molecule has 0 aliphatic rings. The van der Waals surface area contributed by atoms with E-state index in [1.165, 1.54) is 0 Å². The first-order valence-corrected chi connectivity index (χ1v) is 3.81. The fourth-order valence-electron chi connectivity index (χ4n) is 0.923. The molecule has 0 aliphatic carbocycles. The van der Waals surface area contributed by atoms with Crippen molar-refractivity contribution in [1.82, 2.24) is 15.2 Å². The number of nitrogens with two attached hydrogens (primary N) is 1. The number of fused-ring (bicyclic) bond motifs is 1. The number of aromatic amines is 1. The molecule has 0 saturated heterocycles. The van der Waals surface area contributed by atoms with Crippen LogP contribution < -0.4 is 5.73 Å². The summed E-state index contributed by atoms with van der Waals surface area (Å²) in [5.41, 5.74) is 6.46. The lowest BCUT2D eigenvalue weighted by atomic mass is 10.3. The van der Waals surface area contributed by atoms with E-state index in [2.05, 4.69) is 31.1 Å². The average Bonchev–Trinajstić information content (AvgIpc) is 2.45. The van der Waals surface area contributed by atoms with Crippen molar-refractivity contribution in [1.29, 1.82) is 0 Å². The number of nitrogens with zero attached hydrogens (tertiary/aromatic N) is 2. The molecule has 0 spiro atoms. The van der Waals surface area contributed by atoms with Crippen molar-refractivity contribution in [2.45, 2.75) is 0 Å². The molecule has 2 aromatic heterocycles.